The van der Waals surface area contributed by atoms with Gasteiger partial charge < -0.3 is 5.73 Å². The van der Waals surface area contributed by atoms with Crippen LogP contribution < -0.4 is 5.73 Å². The molecule has 0 aliphatic carbocycles. The van der Waals surface area contributed by atoms with Crippen LogP contribution in [0.4, 0.5) is 0 Å². The van der Waals surface area contributed by atoms with E-state index in [0.29, 0.717) is 6.04 Å². The maximum atomic E-state index is 5.56. The molecular formula is C8H15NS. The first-order chi connectivity index (χ1) is 4.77. The molecule has 0 bridgehead atoms. The fraction of sp³-hybridized carbons (Fsp3) is 0.750. The Morgan fingerprint density at radius 1 is 1.60 bits per heavy atom. The summed E-state index contributed by atoms with van der Waals surface area (Å²) >= 11 is 1.85. The Hall–Kier alpha value is -0.130. The van der Waals surface area contributed by atoms with Gasteiger partial charge in [-0.15, -0.1) is 17.7 Å². The molecule has 1 atom stereocenters. The van der Waals surface area contributed by atoms with Crippen molar-refractivity contribution in [3.8, 4) is 11.8 Å². The highest BCUT2D eigenvalue weighted by molar-refractivity contribution is 7.99. The van der Waals surface area contributed by atoms with Crippen molar-refractivity contribution in [2.75, 3.05) is 11.5 Å². The van der Waals surface area contributed by atoms with Gasteiger partial charge in [0.05, 0.1) is 5.75 Å². The molecule has 0 heterocycles. The van der Waals surface area contributed by atoms with Crippen molar-refractivity contribution < 1.29 is 0 Å². The molecule has 0 spiro atoms. The molecule has 0 aromatic rings. The summed E-state index contributed by atoms with van der Waals surface area (Å²) in [6.07, 6.45) is 1.09. The van der Waals surface area contributed by atoms with Gasteiger partial charge in [0.2, 0.25) is 0 Å². The van der Waals surface area contributed by atoms with E-state index in [0.717, 1.165) is 17.9 Å². The largest absolute Gasteiger partial charge is 0.328 e. The molecule has 10 heavy (non-hydrogen) atoms. The van der Waals surface area contributed by atoms with Gasteiger partial charge in [0, 0.05) is 6.04 Å². The molecule has 2 heteroatoms. The maximum Gasteiger partial charge on any atom is 0.0547 e. The smallest absolute Gasteiger partial charge is 0.0547 e. The van der Waals surface area contributed by atoms with E-state index in [2.05, 4.69) is 11.8 Å². The fourth-order valence-corrected chi connectivity index (χ4v) is 1.39. The highest BCUT2D eigenvalue weighted by Crippen LogP contribution is 2.01. The van der Waals surface area contributed by atoms with Crippen LogP contribution >= 0.6 is 11.8 Å². The normalized spacial score (nSPS) is 11.9. The Kier molecular flexibility index (Phi) is 6.89. The second-order valence-electron chi connectivity index (χ2n) is 2.25. The lowest BCUT2D eigenvalue weighted by Gasteiger charge is -2.01. The van der Waals surface area contributed by atoms with Crippen molar-refractivity contribution in [1.29, 1.82) is 0 Å². The van der Waals surface area contributed by atoms with Crippen LogP contribution in [0.15, 0.2) is 0 Å². The second-order valence-corrected chi connectivity index (χ2v) is 3.35. The summed E-state index contributed by atoms with van der Waals surface area (Å²) in [4.78, 5) is 0. The minimum atomic E-state index is 0.335. The van der Waals surface area contributed by atoms with E-state index < -0.39 is 0 Å². The summed E-state index contributed by atoms with van der Waals surface area (Å²) in [7, 11) is 0. The quantitative estimate of drug-likeness (QED) is 0.494. The van der Waals surface area contributed by atoms with Crippen LogP contribution in [-0.2, 0) is 0 Å². The van der Waals surface area contributed by atoms with E-state index in [9.17, 15) is 0 Å². The summed E-state index contributed by atoms with van der Waals surface area (Å²) in [5, 5.41) is 0. The molecule has 1 nitrogen and oxygen atoms in total. The van der Waals surface area contributed by atoms with Crippen molar-refractivity contribution in [2.45, 2.75) is 26.3 Å². The topological polar surface area (TPSA) is 26.0 Å². The highest BCUT2D eigenvalue weighted by Gasteiger charge is 1.91. The Labute approximate surface area is 67.8 Å². The minimum absolute atomic E-state index is 0.335. The third kappa shape index (κ3) is 7.87. The van der Waals surface area contributed by atoms with E-state index in [1.807, 2.05) is 25.6 Å². The summed E-state index contributed by atoms with van der Waals surface area (Å²) in [6, 6.07) is 0.335. The Bertz CT molecular complexity index is 121. The van der Waals surface area contributed by atoms with Crippen LogP contribution in [0.2, 0.25) is 0 Å². The van der Waals surface area contributed by atoms with Crippen molar-refractivity contribution in [2.24, 2.45) is 5.73 Å². The molecule has 0 aromatic carbocycles. The van der Waals surface area contributed by atoms with E-state index in [1.54, 1.807) is 0 Å². The fourth-order valence-electron chi connectivity index (χ4n) is 0.465. The van der Waals surface area contributed by atoms with Gasteiger partial charge in [0.15, 0.2) is 0 Å². The first-order valence-corrected chi connectivity index (χ1v) is 4.65. The average molecular weight is 157 g/mol. The number of rotatable bonds is 4. The molecule has 0 aliphatic rings. The van der Waals surface area contributed by atoms with Crippen LogP contribution in [0.1, 0.15) is 20.3 Å². The Morgan fingerprint density at radius 3 is 2.80 bits per heavy atom. The summed E-state index contributed by atoms with van der Waals surface area (Å²) in [5.41, 5.74) is 5.56. The second kappa shape index (κ2) is 6.98. The molecule has 2 N–H and O–H groups in total. The van der Waals surface area contributed by atoms with Crippen LogP contribution in [-0.4, -0.2) is 17.5 Å². The molecule has 0 amide bonds. The SMILES string of the molecule is CC#CCSCCC(C)N. The molecule has 58 valence electrons. The molecule has 0 rings (SSSR count). The Balaban J connectivity index is 2.96. The molecular weight excluding hydrogens is 142 g/mol. The van der Waals surface area contributed by atoms with Crippen LogP contribution in [0.3, 0.4) is 0 Å². The lowest BCUT2D eigenvalue weighted by atomic mass is 10.3. The zero-order chi connectivity index (χ0) is 7.82. The van der Waals surface area contributed by atoms with Crippen molar-refractivity contribution >= 4 is 11.8 Å². The Morgan fingerprint density at radius 2 is 2.30 bits per heavy atom. The lowest BCUT2D eigenvalue weighted by molar-refractivity contribution is 0.721. The van der Waals surface area contributed by atoms with Gasteiger partial charge in [-0.25, -0.2) is 0 Å². The zero-order valence-corrected chi connectivity index (χ0v) is 7.50. The summed E-state index contributed by atoms with van der Waals surface area (Å²) < 4.78 is 0. The number of hydrogen-bond donors (Lipinski definition) is 1. The third-order valence-corrected chi connectivity index (χ3v) is 1.94. The molecule has 0 radical (unpaired) electrons. The summed E-state index contributed by atoms with van der Waals surface area (Å²) in [5.74, 6) is 7.93. The predicted octanol–water partition coefficient (Wildman–Crippen LogP) is 1.48. The minimum Gasteiger partial charge on any atom is -0.328 e. The number of nitrogens with two attached hydrogens (primary N) is 1. The number of thioether (sulfide) groups is 1. The first kappa shape index (κ1) is 9.87. The highest BCUT2D eigenvalue weighted by atomic mass is 32.2. The van der Waals surface area contributed by atoms with Crippen LogP contribution in [0, 0.1) is 11.8 Å². The molecule has 0 saturated heterocycles. The van der Waals surface area contributed by atoms with Crippen molar-refractivity contribution in [1.82, 2.24) is 0 Å². The van der Waals surface area contributed by atoms with Gasteiger partial charge in [-0.1, -0.05) is 5.92 Å². The average Bonchev–Trinajstić information content (AvgIpc) is 1.87. The summed E-state index contributed by atoms with van der Waals surface area (Å²) in [6.45, 7) is 3.90. The first-order valence-electron chi connectivity index (χ1n) is 3.50. The van der Waals surface area contributed by atoms with E-state index in [-0.39, 0.29) is 0 Å². The van der Waals surface area contributed by atoms with E-state index >= 15 is 0 Å². The third-order valence-electron chi connectivity index (χ3n) is 1.07. The van der Waals surface area contributed by atoms with Gasteiger partial charge >= 0.3 is 0 Å². The van der Waals surface area contributed by atoms with E-state index in [1.165, 1.54) is 0 Å². The van der Waals surface area contributed by atoms with Gasteiger partial charge in [-0.05, 0) is 26.0 Å². The van der Waals surface area contributed by atoms with Crippen LogP contribution in [0.5, 0.6) is 0 Å². The van der Waals surface area contributed by atoms with E-state index in [4.69, 9.17) is 5.73 Å². The van der Waals surface area contributed by atoms with Crippen molar-refractivity contribution in [3.63, 3.8) is 0 Å². The maximum absolute atomic E-state index is 5.56. The monoisotopic (exact) mass is 157 g/mol. The van der Waals surface area contributed by atoms with Crippen molar-refractivity contribution in [3.05, 3.63) is 0 Å². The standard InChI is InChI=1S/C8H15NS/c1-3-4-6-10-7-5-8(2)9/h8H,5-7,9H2,1-2H3. The predicted molar refractivity (Wildman–Crippen MR) is 49.0 cm³/mol. The van der Waals surface area contributed by atoms with Crippen LogP contribution in [0.25, 0.3) is 0 Å². The molecule has 1 unspecified atom stereocenters. The van der Waals surface area contributed by atoms with Gasteiger partial charge in [0.25, 0.3) is 0 Å². The molecule has 0 aliphatic heterocycles. The lowest BCUT2D eigenvalue weighted by Crippen LogP contribution is -2.15. The molecule has 0 fully saturated rings. The number of hydrogen-bond acceptors (Lipinski definition) is 2. The molecule has 0 saturated carbocycles. The molecule has 0 aromatic heterocycles. The van der Waals surface area contributed by atoms with Gasteiger partial charge in [-0.3, -0.25) is 0 Å². The van der Waals surface area contributed by atoms with Gasteiger partial charge in [-0.2, -0.15) is 0 Å². The zero-order valence-electron chi connectivity index (χ0n) is 6.68. The van der Waals surface area contributed by atoms with Gasteiger partial charge in [0.1, 0.15) is 0 Å².